The molecule has 0 aromatic heterocycles. The van der Waals surface area contributed by atoms with Gasteiger partial charge in [-0.2, -0.15) is 0 Å². The summed E-state index contributed by atoms with van der Waals surface area (Å²) in [6, 6.07) is 4.23. The van der Waals surface area contributed by atoms with Gasteiger partial charge >= 0.3 is 0 Å². The molecule has 0 aliphatic heterocycles. The van der Waals surface area contributed by atoms with E-state index in [2.05, 4.69) is 5.92 Å². The van der Waals surface area contributed by atoms with Gasteiger partial charge in [0.05, 0.1) is 0 Å². The highest BCUT2D eigenvalue weighted by molar-refractivity contribution is 5.97. The number of hydrogen-bond acceptors (Lipinski definition) is 1. The van der Waals surface area contributed by atoms with Crippen LogP contribution in [0.4, 0.5) is 4.39 Å². The lowest BCUT2D eigenvalue weighted by molar-refractivity contribution is 0.0987. The molecule has 1 nitrogen and oxygen atoms in total. The van der Waals surface area contributed by atoms with E-state index < -0.39 is 0 Å². The van der Waals surface area contributed by atoms with Crippen molar-refractivity contribution < 1.29 is 9.18 Å². The standard InChI is InChI=1S/C13H13FO/c1-3-5-6-10-9-11(14)7-8-12(10)13(15)4-2/h1,7-9H,4-6H2,2H3. The van der Waals surface area contributed by atoms with Crippen LogP contribution < -0.4 is 0 Å². The van der Waals surface area contributed by atoms with Crippen LogP contribution in [0.15, 0.2) is 18.2 Å². The second kappa shape index (κ2) is 5.31. The first-order chi connectivity index (χ1) is 7.19. The molecule has 2 heteroatoms. The summed E-state index contributed by atoms with van der Waals surface area (Å²) in [5, 5.41) is 0. The average Bonchev–Trinajstić information content (AvgIpc) is 2.25. The second-order valence-electron chi connectivity index (χ2n) is 3.28. The first kappa shape index (κ1) is 11.5. The monoisotopic (exact) mass is 204 g/mol. The van der Waals surface area contributed by atoms with E-state index in [0.717, 1.165) is 0 Å². The number of rotatable bonds is 4. The van der Waals surface area contributed by atoms with Gasteiger partial charge in [0.25, 0.3) is 0 Å². The molecule has 1 aromatic carbocycles. The largest absolute Gasteiger partial charge is 0.294 e. The van der Waals surface area contributed by atoms with Gasteiger partial charge in [0.1, 0.15) is 5.82 Å². The number of halogens is 1. The van der Waals surface area contributed by atoms with Crippen molar-refractivity contribution in [3.63, 3.8) is 0 Å². The van der Waals surface area contributed by atoms with Gasteiger partial charge < -0.3 is 0 Å². The van der Waals surface area contributed by atoms with Gasteiger partial charge in [0, 0.05) is 18.4 Å². The molecule has 0 saturated carbocycles. The maximum absolute atomic E-state index is 13.0. The normalized spacial score (nSPS) is 9.67. The van der Waals surface area contributed by atoms with Crippen LogP contribution in [-0.4, -0.2) is 5.78 Å². The molecule has 0 aliphatic carbocycles. The van der Waals surface area contributed by atoms with Crippen molar-refractivity contribution in [2.45, 2.75) is 26.2 Å². The van der Waals surface area contributed by atoms with Crippen molar-refractivity contribution >= 4 is 5.78 Å². The minimum Gasteiger partial charge on any atom is -0.294 e. The average molecular weight is 204 g/mol. The van der Waals surface area contributed by atoms with Gasteiger partial charge in [-0.1, -0.05) is 6.92 Å². The van der Waals surface area contributed by atoms with E-state index in [1.807, 2.05) is 0 Å². The van der Waals surface area contributed by atoms with E-state index >= 15 is 0 Å². The Morgan fingerprint density at radius 1 is 1.53 bits per heavy atom. The van der Waals surface area contributed by atoms with Crippen LogP contribution in [0.2, 0.25) is 0 Å². The number of benzene rings is 1. The van der Waals surface area contributed by atoms with Gasteiger partial charge in [0.15, 0.2) is 5.78 Å². The second-order valence-corrected chi connectivity index (χ2v) is 3.28. The van der Waals surface area contributed by atoms with Crippen molar-refractivity contribution in [1.82, 2.24) is 0 Å². The SMILES string of the molecule is C#CCCc1cc(F)ccc1C(=O)CC. The number of Topliss-reactive ketones (excluding diaryl/α,β-unsaturated/α-hetero) is 1. The fourth-order valence-electron chi connectivity index (χ4n) is 1.44. The molecule has 0 radical (unpaired) electrons. The molecule has 0 aliphatic rings. The Balaban J connectivity index is 3.04. The van der Waals surface area contributed by atoms with E-state index in [1.54, 1.807) is 6.92 Å². The molecule has 0 unspecified atom stereocenters. The third kappa shape index (κ3) is 2.92. The summed E-state index contributed by atoms with van der Waals surface area (Å²) in [6.45, 7) is 1.79. The van der Waals surface area contributed by atoms with Crippen LogP contribution in [0.25, 0.3) is 0 Å². The van der Waals surface area contributed by atoms with Gasteiger partial charge in [-0.25, -0.2) is 4.39 Å². The summed E-state index contributed by atoms with van der Waals surface area (Å²) in [6.07, 6.45) is 6.64. The lowest BCUT2D eigenvalue weighted by Gasteiger charge is -2.06. The molecule has 1 aromatic rings. The van der Waals surface area contributed by atoms with Gasteiger partial charge in [0.2, 0.25) is 0 Å². The summed E-state index contributed by atoms with van der Waals surface area (Å²) in [5.41, 5.74) is 1.30. The van der Waals surface area contributed by atoms with E-state index in [4.69, 9.17) is 6.42 Å². The minimum absolute atomic E-state index is 0.0296. The molecule has 1 rings (SSSR count). The predicted octanol–water partition coefficient (Wildman–Crippen LogP) is 2.98. The molecule has 78 valence electrons. The molecule has 0 bridgehead atoms. The highest BCUT2D eigenvalue weighted by Gasteiger charge is 2.09. The molecule has 0 saturated heterocycles. The Morgan fingerprint density at radius 2 is 2.27 bits per heavy atom. The van der Waals surface area contributed by atoms with Crippen molar-refractivity contribution in [1.29, 1.82) is 0 Å². The molecular formula is C13H13FO. The van der Waals surface area contributed by atoms with E-state index in [-0.39, 0.29) is 11.6 Å². The van der Waals surface area contributed by atoms with Crippen molar-refractivity contribution in [2.24, 2.45) is 0 Å². The van der Waals surface area contributed by atoms with Crippen LogP contribution in [0, 0.1) is 18.2 Å². The Kier molecular flexibility index (Phi) is 4.05. The van der Waals surface area contributed by atoms with E-state index in [1.165, 1.54) is 18.2 Å². The Hall–Kier alpha value is -1.62. The molecule has 0 atom stereocenters. The Bertz CT molecular complexity index is 401. The summed E-state index contributed by atoms with van der Waals surface area (Å²) in [5.74, 6) is 2.19. The van der Waals surface area contributed by atoms with Gasteiger partial charge in [-0.3, -0.25) is 4.79 Å². The fourth-order valence-corrected chi connectivity index (χ4v) is 1.44. The van der Waals surface area contributed by atoms with Crippen LogP contribution in [0.1, 0.15) is 35.7 Å². The van der Waals surface area contributed by atoms with Crippen LogP contribution in [-0.2, 0) is 6.42 Å². The summed E-state index contributed by atoms with van der Waals surface area (Å²) < 4.78 is 13.0. The van der Waals surface area contributed by atoms with Gasteiger partial charge in [-0.15, -0.1) is 12.3 Å². The van der Waals surface area contributed by atoms with Gasteiger partial charge in [-0.05, 0) is 30.2 Å². The Labute approximate surface area is 89.3 Å². The zero-order valence-corrected chi connectivity index (χ0v) is 8.72. The van der Waals surface area contributed by atoms with Crippen molar-refractivity contribution in [3.05, 3.63) is 35.1 Å². The lowest BCUT2D eigenvalue weighted by atomic mass is 9.98. The molecule has 0 N–H and O–H groups in total. The third-order valence-corrected chi connectivity index (χ3v) is 2.23. The number of ketones is 1. The first-order valence-electron chi connectivity index (χ1n) is 4.94. The van der Waals surface area contributed by atoms with E-state index in [9.17, 15) is 9.18 Å². The van der Waals surface area contributed by atoms with Crippen LogP contribution in [0.3, 0.4) is 0 Å². The molecule has 0 spiro atoms. The number of aryl methyl sites for hydroxylation is 1. The summed E-state index contributed by atoms with van der Waals surface area (Å²) >= 11 is 0. The molecule has 0 amide bonds. The zero-order valence-electron chi connectivity index (χ0n) is 8.72. The zero-order chi connectivity index (χ0) is 11.3. The number of carbonyl (C=O) groups excluding carboxylic acids is 1. The van der Waals surface area contributed by atoms with Crippen LogP contribution in [0.5, 0.6) is 0 Å². The number of terminal acetylenes is 1. The molecule has 0 fully saturated rings. The highest BCUT2D eigenvalue weighted by Crippen LogP contribution is 2.15. The highest BCUT2D eigenvalue weighted by atomic mass is 19.1. The van der Waals surface area contributed by atoms with E-state index in [0.29, 0.717) is 30.4 Å². The summed E-state index contributed by atoms with van der Waals surface area (Å²) in [7, 11) is 0. The number of hydrogen-bond donors (Lipinski definition) is 0. The van der Waals surface area contributed by atoms with Crippen molar-refractivity contribution in [3.8, 4) is 12.3 Å². The topological polar surface area (TPSA) is 17.1 Å². The third-order valence-electron chi connectivity index (χ3n) is 2.23. The van der Waals surface area contributed by atoms with Crippen molar-refractivity contribution in [2.75, 3.05) is 0 Å². The lowest BCUT2D eigenvalue weighted by Crippen LogP contribution is -2.03. The smallest absolute Gasteiger partial charge is 0.162 e. The van der Waals surface area contributed by atoms with Crippen LogP contribution >= 0.6 is 0 Å². The maximum Gasteiger partial charge on any atom is 0.162 e. The maximum atomic E-state index is 13.0. The molecule has 15 heavy (non-hydrogen) atoms. The quantitative estimate of drug-likeness (QED) is 0.544. The molecule has 0 heterocycles. The number of carbonyl (C=O) groups is 1. The first-order valence-corrected chi connectivity index (χ1v) is 4.94. The summed E-state index contributed by atoms with van der Waals surface area (Å²) in [4.78, 5) is 11.5. The molecular weight excluding hydrogens is 191 g/mol. The fraction of sp³-hybridized carbons (Fsp3) is 0.308. The Morgan fingerprint density at radius 3 is 2.87 bits per heavy atom. The predicted molar refractivity (Wildman–Crippen MR) is 58.2 cm³/mol. The minimum atomic E-state index is -0.324.